The molecule has 1 saturated heterocycles. The third-order valence-electron chi connectivity index (χ3n) is 4.93. The molecule has 0 spiro atoms. The molecule has 2 aromatic carbocycles. The first kappa shape index (κ1) is 17.4. The van der Waals surface area contributed by atoms with Gasteiger partial charge in [0.25, 0.3) is 5.91 Å². The van der Waals surface area contributed by atoms with Gasteiger partial charge in [0.15, 0.2) is 0 Å². The lowest BCUT2D eigenvalue weighted by Crippen LogP contribution is -2.30. The van der Waals surface area contributed by atoms with E-state index in [1.54, 1.807) is 30.6 Å². The van der Waals surface area contributed by atoms with E-state index in [9.17, 15) is 9.18 Å². The minimum Gasteiger partial charge on any atom is -0.356 e. The lowest BCUT2D eigenvalue weighted by Gasteiger charge is -2.28. The minimum atomic E-state index is -0.322. The molecule has 138 valence electrons. The van der Waals surface area contributed by atoms with Crippen LogP contribution in [-0.2, 0) is 6.54 Å². The first-order chi connectivity index (χ1) is 13.2. The third-order valence-corrected chi connectivity index (χ3v) is 4.93. The minimum absolute atomic E-state index is 0.147. The van der Waals surface area contributed by atoms with Crippen LogP contribution in [0, 0.1) is 5.82 Å². The van der Waals surface area contributed by atoms with Gasteiger partial charge >= 0.3 is 0 Å². The SMILES string of the molecule is O=C(NCc1ccccc1F)c1ccc2ncnc(N3CCCCC3)c2c1. The van der Waals surface area contributed by atoms with Crippen molar-refractivity contribution in [3.8, 4) is 0 Å². The van der Waals surface area contributed by atoms with Crippen molar-refractivity contribution in [2.45, 2.75) is 25.8 Å². The first-order valence-corrected chi connectivity index (χ1v) is 9.24. The molecular formula is C21H21FN4O. The molecule has 0 aliphatic carbocycles. The molecule has 5 nitrogen and oxygen atoms in total. The standard InChI is InChI=1S/C21H21FN4O/c22-18-7-3-2-6-16(18)13-23-21(27)15-8-9-19-17(12-15)20(25-14-24-19)26-10-4-1-5-11-26/h2-3,6-9,12,14H,1,4-5,10-11,13H2,(H,23,27). The number of rotatable bonds is 4. The Morgan fingerprint density at radius 1 is 1.07 bits per heavy atom. The molecule has 1 aliphatic heterocycles. The number of carbonyl (C=O) groups is 1. The molecule has 0 unspecified atom stereocenters. The first-order valence-electron chi connectivity index (χ1n) is 9.24. The van der Waals surface area contributed by atoms with E-state index in [0.29, 0.717) is 11.1 Å². The summed E-state index contributed by atoms with van der Waals surface area (Å²) in [5.74, 6) is 0.314. The molecular weight excluding hydrogens is 343 g/mol. The number of hydrogen-bond acceptors (Lipinski definition) is 4. The molecule has 2 heterocycles. The van der Waals surface area contributed by atoms with E-state index in [4.69, 9.17) is 0 Å². The van der Waals surface area contributed by atoms with Crippen molar-refractivity contribution >= 4 is 22.6 Å². The largest absolute Gasteiger partial charge is 0.356 e. The highest BCUT2D eigenvalue weighted by molar-refractivity contribution is 6.00. The number of aromatic nitrogens is 2. The van der Waals surface area contributed by atoms with Crippen LogP contribution >= 0.6 is 0 Å². The third kappa shape index (κ3) is 3.74. The molecule has 0 bridgehead atoms. The van der Waals surface area contributed by atoms with Crippen molar-refractivity contribution in [2.24, 2.45) is 0 Å². The summed E-state index contributed by atoms with van der Waals surface area (Å²) < 4.78 is 13.7. The van der Waals surface area contributed by atoms with Crippen molar-refractivity contribution in [1.29, 1.82) is 0 Å². The normalized spacial score (nSPS) is 14.3. The van der Waals surface area contributed by atoms with Gasteiger partial charge in [0.05, 0.1) is 5.52 Å². The quantitative estimate of drug-likeness (QED) is 0.767. The highest BCUT2D eigenvalue weighted by Gasteiger charge is 2.17. The fraction of sp³-hybridized carbons (Fsp3) is 0.286. The van der Waals surface area contributed by atoms with Crippen LogP contribution in [0.2, 0.25) is 0 Å². The number of nitrogens with one attached hydrogen (secondary N) is 1. The van der Waals surface area contributed by atoms with Gasteiger partial charge in [-0.05, 0) is 43.5 Å². The molecule has 0 atom stereocenters. The number of nitrogens with zero attached hydrogens (tertiary/aromatic N) is 3. The number of halogens is 1. The summed E-state index contributed by atoms with van der Waals surface area (Å²) in [6, 6.07) is 11.8. The molecule has 1 N–H and O–H groups in total. The van der Waals surface area contributed by atoms with Crippen molar-refractivity contribution in [2.75, 3.05) is 18.0 Å². The van der Waals surface area contributed by atoms with Gasteiger partial charge in [0.2, 0.25) is 0 Å². The van der Waals surface area contributed by atoms with E-state index in [1.165, 1.54) is 12.5 Å². The smallest absolute Gasteiger partial charge is 0.251 e. The van der Waals surface area contributed by atoms with Gasteiger partial charge < -0.3 is 10.2 Å². The van der Waals surface area contributed by atoms with E-state index in [0.717, 1.165) is 42.7 Å². The molecule has 3 aromatic rings. The summed E-state index contributed by atoms with van der Waals surface area (Å²) in [7, 11) is 0. The summed E-state index contributed by atoms with van der Waals surface area (Å²) in [6.07, 6.45) is 5.11. The van der Waals surface area contributed by atoms with Gasteiger partial charge in [-0.1, -0.05) is 18.2 Å². The Bertz CT molecular complexity index is 969. The summed E-state index contributed by atoms with van der Waals surface area (Å²) in [5, 5.41) is 3.66. The summed E-state index contributed by atoms with van der Waals surface area (Å²) in [6.45, 7) is 2.08. The second-order valence-corrected chi connectivity index (χ2v) is 6.75. The van der Waals surface area contributed by atoms with E-state index in [-0.39, 0.29) is 18.3 Å². The average Bonchev–Trinajstić information content (AvgIpc) is 2.73. The van der Waals surface area contributed by atoms with Gasteiger partial charge in [-0.3, -0.25) is 4.79 Å². The Morgan fingerprint density at radius 3 is 2.70 bits per heavy atom. The molecule has 1 amide bonds. The zero-order valence-corrected chi connectivity index (χ0v) is 15.0. The van der Waals surface area contributed by atoms with E-state index in [1.807, 2.05) is 12.1 Å². The molecule has 0 saturated carbocycles. The molecule has 0 radical (unpaired) electrons. The maximum Gasteiger partial charge on any atom is 0.251 e. The van der Waals surface area contributed by atoms with Gasteiger partial charge in [-0.15, -0.1) is 0 Å². The van der Waals surface area contributed by atoms with Crippen LogP contribution in [0.1, 0.15) is 35.2 Å². The Kier molecular flexibility index (Phi) is 4.96. The van der Waals surface area contributed by atoms with Crippen LogP contribution in [0.15, 0.2) is 48.8 Å². The van der Waals surface area contributed by atoms with Crippen LogP contribution < -0.4 is 10.2 Å². The number of piperidine rings is 1. The van der Waals surface area contributed by atoms with Crippen LogP contribution in [0.5, 0.6) is 0 Å². The van der Waals surface area contributed by atoms with Crippen molar-refractivity contribution in [1.82, 2.24) is 15.3 Å². The number of hydrogen-bond donors (Lipinski definition) is 1. The number of carbonyl (C=O) groups excluding carboxylic acids is 1. The number of anilines is 1. The molecule has 1 aromatic heterocycles. The summed E-state index contributed by atoms with van der Waals surface area (Å²) in [4.78, 5) is 23.6. The Hall–Kier alpha value is -3.02. The van der Waals surface area contributed by atoms with Crippen LogP contribution in [-0.4, -0.2) is 29.0 Å². The second-order valence-electron chi connectivity index (χ2n) is 6.75. The van der Waals surface area contributed by atoms with Gasteiger partial charge in [0.1, 0.15) is 18.0 Å². The molecule has 4 rings (SSSR count). The summed E-state index contributed by atoms with van der Waals surface area (Å²) in [5.41, 5.74) is 1.80. The molecule has 27 heavy (non-hydrogen) atoms. The zero-order valence-electron chi connectivity index (χ0n) is 15.0. The number of amides is 1. The Balaban J connectivity index is 1.58. The van der Waals surface area contributed by atoms with Crippen LogP contribution in [0.25, 0.3) is 10.9 Å². The number of fused-ring (bicyclic) bond motifs is 1. The topological polar surface area (TPSA) is 58.1 Å². The van der Waals surface area contributed by atoms with Crippen molar-refractivity contribution in [3.63, 3.8) is 0 Å². The van der Waals surface area contributed by atoms with Crippen molar-refractivity contribution < 1.29 is 9.18 Å². The second kappa shape index (κ2) is 7.70. The summed E-state index contributed by atoms with van der Waals surface area (Å²) >= 11 is 0. The Morgan fingerprint density at radius 2 is 1.89 bits per heavy atom. The van der Waals surface area contributed by atoms with Gasteiger partial charge in [0, 0.05) is 36.1 Å². The van der Waals surface area contributed by atoms with Crippen LogP contribution in [0.4, 0.5) is 10.2 Å². The van der Waals surface area contributed by atoms with Crippen molar-refractivity contribution in [3.05, 3.63) is 65.7 Å². The number of benzene rings is 2. The lowest BCUT2D eigenvalue weighted by atomic mass is 10.1. The lowest BCUT2D eigenvalue weighted by molar-refractivity contribution is 0.0950. The Labute approximate surface area is 157 Å². The van der Waals surface area contributed by atoms with Gasteiger partial charge in [-0.2, -0.15) is 0 Å². The van der Waals surface area contributed by atoms with E-state index in [2.05, 4.69) is 20.2 Å². The molecule has 1 aliphatic rings. The monoisotopic (exact) mass is 364 g/mol. The fourth-order valence-electron chi connectivity index (χ4n) is 3.46. The molecule has 1 fully saturated rings. The van der Waals surface area contributed by atoms with E-state index < -0.39 is 0 Å². The predicted molar refractivity (Wildman–Crippen MR) is 103 cm³/mol. The maximum atomic E-state index is 13.7. The predicted octanol–water partition coefficient (Wildman–Crippen LogP) is 3.69. The highest BCUT2D eigenvalue weighted by Crippen LogP contribution is 2.26. The van der Waals surface area contributed by atoms with Gasteiger partial charge in [-0.25, -0.2) is 14.4 Å². The fourth-order valence-corrected chi connectivity index (χ4v) is 3.46. The average molecular weight is 364 g/mol. The highest BCUT2D eigenvalue weighted by atomic mass is 19.1. The van der Waals surface area contributed by atoms with E-state index >= 15 is 0 Å². The van der Waals surface area contributed by atoms with Crippen LogP contribution in [0.3, 0.4) is 0 Å². The zero-order chi connectivity index (χ0) is 18.6. The maximum absolute atomic E-state index is 13.7. The molecule has 6 heteroatoms.